The van der Waals surface area contributed by atoms with E-state index in [9.17, 15) is 18.3 Å². The SMILES string of the molecule is Oc1cc(Cl)c(Oc2ncc(C(F)(F)F)cc2Cl)cc1Cl. The summed E-state index contributed by atoms with van der Waals surface area (Å²) in [5.74, 6) is -0.539. The van der Waals surface area contributed by atoms with Gasteiger partial charge in [0.15, 0.2) is 0 Å². The van der Waals surface area contributed by atoms with Crippen molar-refractivity contribution in [2.45, 2.75) is 6.18 Å². The molecule has 0 saturated heterocycles. The zero-order valence-electron chi connectivity index (χ0n) is 9.88. The Bertz CT molecular complexity index is 692. The van der Waals surface area contributed by atoms with Crippen LogP contribution < -0.4 is 4.74 Å². The molecule has 0 fully saturated rings. The number of benzene rings is 1. The molecule has 1 aromatic heterocycles. The monoisotopic (exact) mass is 357 g/mol. The van der Waals surface area contributed by atoms with E-state index in [4.69, 9.17) is 39.5 Å². The summed E-state index contributed by atoms with van der Waals surface area (Å²) in [6.07, 6.45) is -3.98. The predicted octanol–water partition coefficient (Wildman–Crippen LogP) is 5.56. The van der Waals surface area contributed by atoms with Crippen LogP contribution >= 0.6 is 34.8 Å². The Morgan fingerprint density at radius 2 is 1.67 bits per heavy atom. The van der Waals surface area contributed by atoms with E-state index < -0.39 is 11.7 Å². The van der Waals surface area contributed by atoms with E-state index in [1.807, 2.05) is 0 Å². The van der Waals surface area contributed by atoms with Crippen molar-refractivity contribution in [3.8, 4) is 17.4 Å². The molecule has 1 heterocycles. The molecule has 21 heavy (non-hydrogen) atoms. The van der Waals surface area contributed by atoms with Gasteiger partial charge in [-0.25, -0.2) is 4.98 Å². The topological polar surface area (TPSA) is 42.4 Å². The number of aromatic hydroxyl groups is 1. The van der Waals surface area contributed by atoms with E-state index >= 15 is 0 Å². The number of nitrogens with zero attached hydrogens (tertiary/aromatic N) is 1. The molecule has 0 saturated carbocycles. The lowest BCUT2D eigenvalue weighted by Crippen LogP contribution is -2.05. The Balaban J connectivity index is 2.35. The van der Waals surface area contributed by atoms with Gasteiger partial charge in [-0.1, -0.05) is 34.8 Å². The van der Waals surface area contributed by atoms with Gasteiger partial charge < -0.3 is 9.84 Å². The van der Waals surface area contributed by atoms with Crippen LogP contribution in [0.3, 0.4) is 0 Å². The third-order valence-corrected chi connectivity index (χ3v) is 3.21. The van der Waals surface area contributed by atoms with E-state index in [0.717, 1.165) is 6.07 Å². The number of halogens is 6. The molecule has 3 nitrogen and oxygen atoms in total. The number of aromatic nitrogens is 1. The summed E-state index contributed by atoms with van der Waals surface area (Å²) in [5.41, 5.74) is -1.00. The van der Waals surface area contributed by atoms with Gasteiger partial charge in [-0.2, -0.15) is 13.2 Å². The van der Waals surface area contributed by atoms with Crippen LogP contribution in [0.2, 0.25) is 15.1 Å². The van der Waals surface area contributed by atoms with Crippen molar-refractivity contribution in [1.82, 2.24) is 4.98 Å². The number of hydrogen-bond donors (Lipinski definition) is 1. The van der Waals surface area contributed by atoms with Gasteiger partial charge in [-0.05, 0) is 6.07 Å². The molecule has 0 spiro atoms. The fourth-order valence-corrected chi connectivity index (χ4v) is 1.91. The van der Waals surface area contributed by atoms with Gasteiger partial charge in [0, 0.05) is 18.3 Å². The van der Waals surface area contributed by atoms with Crippen molar-refractivity contribution in [2.75, 3.05) is 0 Å². The first-order valence-corrected chi connectivity index (χ1v) is 6.40. The van der Waals surface area contributed by atoms with Gasteiger partial charge in [0.2, 0.25) is 5.88 Å². The van der Waals surface area contributed by atoms with Crippen LogP contribution in [0.1, 0.15) is 5.56 Å². The number of ether oxygens (including phenoxy) is 1. The van der Waals surface area contributed by atoms with Crippen LogP contribution in [0.15, 0.2) is 24.4 Å². The second kappa shape index (κ2) is 5.79. The van der Waals surface area contributed by atoms with Gasteiger partial charge in [0.25, 0.3) is 0 Å². The summed E-state index contributed by atoms with van der Waals surface area (Å²) in [6, 6.07) is 2.99. The summed E-state index contributed by atoms with van der Waals surface area (Å²) in [7, 11) is 0. The first-order valence-electron chi connectivity index (χ1n) is 5.27. The molecule has 0 atom stereocenters. The molecular formula is C12H5Cl3F3NO2. The normalized spacial score (nSPS) is 11.5. The molecule has 0 bridgehead atoms. The zero-order chi connectivity index (χ0) is 15.8. The summed E-state index contributed by atoms with van der Waals surface area (Å²) < 4.78 is 42.7. The minimum atomic E-state index is -4.56. The Morgan fingerprint density at radius 1 is 1.00 bits per heavy atom. The second-order valence-corrected chi connectivity index (χ2v) is 5.07. The number of alkyl halides is 3. The molecule has 0 unspecified atom stereocenters. The van der Waals surface area contributed by atoms with Crippen molar-refractivity contribution >= 4 is 34.8 Å². The molecule has 1 aromatic carbocycles. The molecule has 2 rings (SSSR count). The largest absolute Gasteiger partial charge is 0.506 e. The van der Waals surface area contributed by atoms with Crippen LogP contribution in [0.5, 0.6) is 17.4 Å². The molecule has 0 aliphatic heterocycles. The summed E-state index contributed by atoms with van der Waals surface area (Å²) in [4.78, 5) is 3.49. The van der Waals surface area contributed by atoms with Crippen molar-refractivity contribution in [3.63, 3.8) is 0 Å². The second-order valence-electron chi connectivity index (χ2n) is 3.84. The Kier molecular flexibility index (Phi) is 4.41. The lowest BCUT2D eigenvalue weighted by molar-refractivity contribution is -0.137. The first kappa shape index (κ1) is 16.0. The standard InChI is InChI=1S/C12H5Cl3F3NO2/c13-6-3-10(7(14)2-9(6)20)21-11-8(15)1-5(4-19-11)12(16,17)18/h1-4,20H. The Labute approximate surface area is 131 Å². The first-order chi connectivity index (χ1) is 9.68. The minimum Gasteiger partial charge on any atom is -0.506 e. The fraction of sp³-hybridized carbons (Fsp3) is 0.0833. The van der Waals surface area contributed by atoms with Crippen LogP contribution in [-0.4, -0.2) is 10.1 Å². The minimum absolute atomic E-state index is 0.00494. The maximum absolute atomic E-state index is 12.5. The summed E-state index contributed by atoms with van der Waals surface area (Å²) in [6.45, 7) is 0. The highest BCUT2D eigenvalue weighted by Crippen LogP contribution is 2.39. The highest BCUT2D eigenvalue weighted by atomic mass is 35.5. The summed E-state index contributed by atoms with van der Waals surface area (Å²) in [5, 5.41) is 8.94. The smallest absolute Gasteiger partial charge is 0.417 e. The third-order valence-electron chi connectivity index (χ3n) is 2.34. The van der Waals surface area contributed by atoms with Gasteiger partial charge in [0.05, 0.1) is 15.6 Å². The molecule has 0 amide bonds. The zero-order valence-corrected chi connectivity index (χ0v) is 12.1. The van der Waals surface area contributed by atoms with E-state index in [2.05, 4.69) is 4.98 Å². The van der Waals surface area contributed by atoms with Crippen molar-refractivity contribution < 1.29 is 23.0 Å². The van der Waals surface area contributed by atoms with Crippen molar-refractivity contribution in [3.05, 3.63) is 45.0 Å². The number of pyridine rings is 1. The van der Waals surface area contributed by atoms with E-state index in [1.165, 1.54) is 6.07 Å². The maximum Gasteiger partial charge on any atom is 0.417 e. The quantitative estimate of drug-likeness (QED) is 0.764. The summed E-state index contributed by atoms with van der Waals surface area (Å²) >= 11 is 17.2. The van der Waals surface area contributed by atoms with Crippen molar-refractivity contribution in [1.29, 1.82) is 0 Å². The average Bonchev–Trinajstić information content (AvgIpc) is 2.36. The van der Waals surface area contributed by atoms with Gasteiger partial charge in [-0.3, -0.25) is 0 Å². The van der Waals surface area contributed by atoms with E-state index in [0.29, 0.717) is 12.3 Å². The molecular weight excluding hydrogens is 353 g/mol. The molecule has 112 valence electrons. The Hall–Kier alpha value is -1.37. The van der Waals surface area contributed by atoms with Gasteiger partial charge >= 0.3 is 6.18 Å². The lowest BCUT2D eigenvalue weighted by Gasteiger charge is -2.11. The molecule has 0 aliphatic carbocycles. The number of phenolic OH excluding ortho intramolecular Hbond substituents is 1. The molecule has 9 heteroatoms. The third kappa shape index (κ3) is 3.64. The van der Waals surface area contributed by atoms with E-state index in [-0.39, 0.29) is 32.4 Å². The van der Waals surface area contributed by atoms with Crippen LogP contribution in [0, 0.1) is 0 Å². The number of rotatable bonds is 2. The number of hydrogen-bond acceptors (Lipinski definition) is 3. The van der Waals surface area contributed by atoms with Crippen LogP contribution in [-0.2, 0) is 6.18 Å². The number of phenols is 1. The van der Waals surface area contributed by atoms with E-state index in [1.54, 1.807) is 0 Å². The highest BCUT2D eigenvalue weighted by Gasteiger charge is 2.31. The van der Waals surface area contributed by atoms with Crippen molar-refractivity contribution in [2.24, 2.45) is 0 Å². The maximum atomic E-state index is 12.5. The van der Waals surface area contributed by atoms with Gasteiger partial charge in [-0.15, -0.1) is 0 Å². The van der Waals surface area contributed by atoms with Crippen LogP contribution in [0.4, 0.5) is 13.2 Å². The molecule has 2 aromatic rings. The Morgan fingerprint density at radius 3 is 2.24 bits per heavy atom. The molecule has 0 aliphatic rings. The van der Waals surface area contributed by atoms with Crippen LogP contribution in [0.25, 0.3) is 0 Å². The lowest BCUT2D eigenvalue weighted by atomic mass is 10.3. The molecule has 0 radical (unpaired) electrons. The molecule has 1 N–H and O–H groups in total. The fourth-order valence-electron chi connectivity index (χ4n) is 1.36. The van der Waals surface area contributed by atoms with Gasteiger partial charge in [0.1, 0.15) is 16.5 Å². The highest BCUT2D eigenvalue weighted by molar-refractivity contribution is 6.35. The predicted molar refractivity (Wildman–Crippen MR) is 72.4 cm³/mol. The average molecular weight is 359 g/mol.